The highest BCUT2D eigenvalue weighted by Gasteiger charge is 2.08. The summed E-state index contributed by atoms with van der Waals surface area (Å²) in [5, 5.41) is 1.11. The molecule has 2 N–H and O–H groups in total. The maximum Gasteiger partial charge on any atom is 0.274 e. The smallest absolute Gasteiger partial charge is 0.274 e. The predicted molar refractivity (Wildman–Crippen MR) is 66.9 cm³/mol. The number of rotatable bonds is 3. The van der Waals surface area contributed by atoms with E-state index in [2.05, 4.69) is 35.2 Å². The minimum absolute atomic E-state index is 0.241. The second-order valence-corrected chi connectivity index (χ2v) is 4.32. The average molecular weight is 232 g/mol. The van der Waals surface area contributed by atoms with E-state index < -0.39 is 0 Å². The van der Waals surface area contributed by atoms with Gasteiger partial charge < -0.3 is 4.98 Å². The Hall–Kier alpha value is -1.81. The molecule has 0 unspecified atom stereocenters. The molecule has 17 heavy (non-hydrogen) atoms. The van der Waals surface area contributed by atoms with E-state index in [1.807, 2.05) is 12.1 Å². The molecule has 1 heterocycles. The summed E-state index contributed by atoms with van der Waals surface area (Å²) in [6.45, 7) is 4.26. The monoisotopic (exact) mass is 232 g/mol. The Labute approximate surface area is 99.9 Å². The van der Waals surface area contributed by atoms with Crippen LogP contribution in [-0.4, -0.2) is 18.0 Å². The lowest BCUT2D eigenvalue weighted by molar-refractivity contribution is 0.0538. The highest BCUT2D eigenvalue weighted by Crippen LogP contribution is 2.21. The van der Waals surface area contributed by atoms with Crippen molar-refractivity contribution >= 4 is 16.8 Å². The predicted octanol–water partition coefficient (Wildman–Crippen LogP) is 2.58. The number of carbonyl (C=O) groups excluding carboxylic acids is 1. The Morgan fingerprint density at radius 1 is 1.35 bits per heavy atom. The second-order valence-electron chi connectivity index (χ2n) is 4.32. The summed E-state index contributed by atoms with van der Waals surface area (Å²) in [6, 6.07) is 7.66. The molecule has 0 spiro atoms. The zero-order valence-electron chi connectivity index (χ0n) is 10.2. The second kappa shape index (κ2) is 4.59. The molecular formula is C13H16N2O2. The minimum atomic E-state index is -0.241. The Bertz CT molecular complexity index is 543. The van der Waals surface area contributed by atoms with Crippen LogP contribution in [0.3, 0.4) is 0 Å². The van der Waals surface area contributed by atoms with Crippen molar-refractivity contribution in [2.24, 2.45) is 0 Å². The van der Waals surface area contributed by atoms with Crippen LogP contribution in [0.4, 0.5) is 0 Å². The van der Waals surface area contributed by atoms with Gasteiger partial charge in [-0.3, -0.25) is 9.63 Å². The van der Waals surface area contributed by atoms with Crippen LogP contribution >= 0.6 is 0 Å². The van der Waals surface area contributed by atoms with Gasteiger partial charge in [0.1, 0.15) is 0 Å². The summed E-state index contributed by atoms with van der Waals surface area (Å²) in [5.74, 6) is 0.203. The Morgan fingerprint density at radius 3 is 2.76 bits per heavy atom. The van der Waals surface area contributed by atoms with Gasteiger partial charge in [-0.25, -0.2) is 5.48 Å². The molecule has 0 aliphatic heterocycles. The molecule has 0 atom stereocenters. The highest BCUT2D eigenvalue weighted by atomic mass is 16.6. The standard InChI is InChI=1S/C13H16N2O2/c1-8(2)11-6-9-4-5-10(7-12(9)14-11)13(16)15-17-3/h4-8,14H,1-3H3,(H,15,16). The van der Waals surface area contributed by atoms with Crippen LogP contribution in [0, 0.1) is 0 Å². The van der Waals surface area contributed by atoms with Gasteiger partial charge in [0.15, 0.2) is 0 Å². The minimum Gasteiger partial charge on any atom is -0.358 e. The van der Waals surface area contributed by atoms with Crippen molar-refractivity contribution in [3.8, 4) is 0 Å². The SMILES string of the molecule is CONC(=O)c1ccc2cc(C(C)C)[nH]c2c1. The first-order valence-corrected chi connectivity index (χ1v) is 5.58. The molecule has 1 aromatic heterocycles. The fourth-order valence-electron chi connectivity index (χ4n) is 1.75. The van der Waals surface area contributed by atoms with Crippen molar-refractivity contribution in [2.45, 2.75) is 19.8 Å². The van der Waals surface area contributed by atoms with Gasteiger partial charge in [-0.1, -0.05) is 19.9 Å². The van der Waals surface area contributed by atoms with E-state index in [4.69, 9.17) is 0 Å². The van der Waals surface area contributed by atoms with Crippen molar-refractivity contribution in [1.29, 1.82) is 0 Å². The summed E-state index contributed by atoms with van der Waals surface area (Å²) in [7, 11) is 1.42. The third kappa shape index (κ3) is 2.31. The largest absolute Gasteiger partial charge is 0.358 e. The van der Waals surface area contributed by atoms with Gasteiger partial charge in [0.05, 0.1) is 7.11 Å². The van der Waals surface area contributed by atoms with Crippen LogP contribution in [0.15, 0.2) is 24.3 Å². The first-order valence-electron chi connectivity index (χ1n) is 5.58. The number of hydroxylamine groups is 1. The van der Waals surface area contributed by atoms with Crippen molar-refractivity contribution in [3.63, 3.8) is 0 Å². The fraction of sp³-hybridized carbons (Fsp3) is 0.308. The average Bonchev–Trinajstić information content (AvgIpc) is 2.71. The molecule has 0 aliphatic carbocycles. The topological polar surface area (TPSA) is 54.1 Å². The van der Waals surface area contributed by atoms with Crippen LogP contribution in [0.5, 0.6) is 0 Å². The third-order valence-corrected chi connectivity index (χ3v) is 2.72. The number of aromatic nitrogens is 1. The van der Waals surface area contributed by atoms with E-state index in [9.17, 15) is 4.79 Å². The summed E-state index contributed by atoms with van der Waals surface area (Å²) >= 11 is 0. The number of benzene rings is 1. The van der Waals surface area contributed by atoms with E-state index in [1.54, 1.807) is 6.07 Å². The first kappa shape index (κ1) is 11.7. The highest BCUT2D eigenvalue weighted by molar-refractivity contribution is 5.97. The third-order valence-electron chi connectivity index (χ3n) is 2.72. The van der Waals surface area contributed by atoms with Crippen LogP contribution < -0.4 is 5.48 Å². The normalized spacial score (nSPS) is 11.1. The van der Waals surface area contributed by atoms with Crippen molar-refractivity contribution in [1.82, 2.24) is 10.5 Å². The number of aromatic amines is 1. The molecule has 0 fully saturated rings. The van der Waals surface area contributed by atoms with Crippen LogP contribution in [0.2, 0.25) is 0 Å². The van der Waals surface area contributed by atoms with Crippen molar-refractivity contribution in [2.75, 3.05) is 7.11 Å². The molecule has 2 rings (SSSR count). The van der Waals surface area contributed by atoms with Gasteiger partial charge >= 0.3 is 0 Å². The summed E-state index contributed by atoms with van der Waals surface area (Å²) in [6.07, 6.45) is 0. The first-order chi connectivity index (χ1) is 8.11. The number of H-pyrrole nitrogens is 1. The zero-order valence-corrected chi connectivity index (χ0v) is 10.2. The number of nitrogens with one attached hydrogen (secondary N) is 2. The summed E-state index contributed by atoms with van der Waals surface area (Å²) in [5.41, 5.74) is 5.02. The number of hydrogen-bond acceptors (Lipinski definition) is 2. The number of carbonyl (C=O) groups is 1. The molecule has 0 bridgehead atoms. The lowest BCUT2D eigenvalue weighted by Crippen LogP contribution is -2.21. The Kier molecular flexibility index (Phi) is 3.15. The van der Waals surface area contributed by atoms with Gasteiger partial charge in [-0.2, -0.15) is 0 Å². The van der Waals surface area contributed by atoms with Gasteiger partial charge in [-0.15, -0.1) is 0 Å². The molecule has 90 valence electrons. The maximum atomic E-state index is 11.6. The molecule has 1 amide bonds. The fourth-order valence-corrected chi connectivity index (χ4v) is 1.75. The lowest BCUT2D eigenvalue weighted by atomic mass is 10.1. The van der Waals surface area contributed by atoms with E-state index in [0.29, 0.717) is 11.5 Å². The summed E-state index contributed by atoms with van der Waals surface area (Å²) in [4.78, 5) is 19.5. The molecular weight excluding hydrogens is 216 g/mol. The van der Waals surface area contributed by atoms with Gasteiger partial charge in [0.2, 0.25) is 0 Å². The molecule has 0 aliphatic rings. The quantitative estimate of drug-likeness (QED) is 0.799. The maximum absolute atomic E-state index is 11.6. The number of fused-ring (bicyclic) bond motifs is 1. The molecule has 0 saturated heterocycles. The van der Waals surface area contributed by atoms with Crippen molar-refractivity contribution < 1.29 is 9.63 Å². The van der Waals surface area contributed by atoms with Crippen LogP contribution in [-0.2, 0) is 4.84 Å². The molecule has 2 aromatic rings. The summed E-state index contributed by atoms with van der Waals surface area (Å²) < 4.78 is 0. The molecule has 0 saturated carbocycles. The molecule has 4 heteroatoms. The van der Waals surface area contributed by atoms with E-state index in [-0.39, 0.29) is 5.91 Å². The van der Waals surface area contributed by atoms with Gasteiger partial charge in [0, 0.05) is 16.8 Å². The van der Waals surface area contributed by atoms with E-state index in [0.717, 1.165) is 10.9 Å². The van der Waals surface area contributed by atoms with Crippen molar-refractivity contribution in [3.05, 3.63) is 35.5 Å². The Morgan fingerprint density at radius 2 is 2.12 bits per heavy atom. The zero-order chi connectivity index (χ0) is 12.4. The van der Waals surface area contributed by atoms with Gasteiger partial charge in [0.25, 0.3) is 5.91 Å². The van der Waals surface area contributed by atoms with Gasteiger partial charge in [-0.05, 0) is 29.5 Å². The van der Waals surface area contributed by atoms with E-state index in [1.165, 1.54) is 12.8 Å². The lowest BCUT2D eigenvalue weighted by Gasteiger charge is -2.01. The number of amides is 1. The van der Waals surface area contributed by atoms with Crippen LogP contribution in [0.1, 0.15) is 35.8 Å². The molecule has 4 nitrogen and oxygen atoms in total. The number of hydrogen-bond donors (Lipinski definition) is 2. The Balaban J connectivity index is 2.40. The molecule has 1 aromatic carbocycles. The van der Waals surface area contributed by atoms with Crippen LogP contribution in [0.25, 0.3) is 10.9 Å². The molecule has 0 radical (unpaired) electrons. The van der Waals surface area contributed by atoms with E-state index >= 15 is 0 Å².